The van der Waals surface area contributed by atoms with E-state index in [1.165, 1.54) is 12.1 Å². The SMILES string of the molecule is COc1cccc(CN(CC2CCCO2)C(=O)c2ccc(-c3ccc(F)cc3)o2)c1. The van der Waals surface area contributed by atoms with Crippen LogP contribution in [0, 0.1) is 5.82 Å². The number of hydrogen-bond acceptors (Lipinski definition) is 4. The van der Waals surface area contributed by atoms with Crippen molar-refractivity contribution >= 4 is 5.91 Å². The summed E-state index contributed by atoms with van der Waals surface area (Å²) in [5.74, 6) is 0.991. The van der Waals surface area contributed by atoms with Gasteiger partial charge in [-0.05, 0) is 66.9 Å². The predicted octanol–water partition coefficient (Wildman–Crippen LogP) is 4.92. The summed E-state index contributed by atoms with van der Waals surface area (Å²) < 4.78 is 30.1. The van der Waals surface area contributed by atoms with Gasteiger partial charge in [0.1, 0.15) is 17.3 Å². The highest BCUT2D eigenvalue weighted by Gasteiger charge is 2.26. The zero-order chi connectivity index (χ0) is 20.9. The van der Waals surface area contributed by atoms with Crippen molar-refractivity contribution in [1.82, 2.24) is 4.90 Å². The van der Waals surface area contributed by atoms with Crippen molar-refractivity contribution in [2.75, 3.05) is 20.3 Å². The summed E-state index contributed by atoms with van der Waals surface area (Å²) in [6.07, 6.45) is 1.95. The van der Waals surface area contributed by atoms with E-state index in [0.29, 0.717) is 24.4 Å². The van der Waals surface area contributed by atoms with Gasteiger partial charge in [0, 0.05) is 25.3 Å². The molecule has 1 aromatic heterocycles. The lowest BCUT2D eigenvalue weighted by Crippen LogP contribution is -2.36. The van der Waals surface area contributed by atoms with Crippen LogP contribution >= 0.6 is 0 Å². The van der Waals surface area contributed by atoms with E-state index < -0.39 is 0 Å². The number of halogens is 1. The van der Waals surface area contributed by atoms with E-state index in [2.05, 4.69) is 0 Å². The number of rotatable bonds is 7. The third-order valence-corrected chi connectivity index (χ3v) is 5.19. The summed E-state index contributed by atoms with van der Waals surface area (Å²) in [5, 5.41) is 0. The topological polar surface area (TPSA) is 51.9 Å². The maximum absolute atomic E-state index is 13.3. The van der Waals surface area contributed by atoms with Gasteiger partial charge < -0.3 is 18.8 Å². The zero-order valence-electron chi connectivity index (χ0n) is 16.8. The predicted molar refractivity (Wildman–Crippen MR) is 111 cm³/mol. The molecule has 2 heterocycles. The number of nitrogens with zero attached hydrogens (tertiary/aromatic N) is 1. The molecule has 2 aromatic carbocycles. The van der Waals surface area contributed by atoms with Crippen LogP contribution in [0.5, 0.6) is 5.75 Å². The molecule has 1 fully saturated rings. The summed E-state index contributed by atoms with van der Waals surface area (Å²) in [6.45, 7) is 1.63. The number of ether oxygens (including phenoxy) is 2. The second-order valence-electron chi connectivity index (χ2n) is 7.34. The summed E-state index contributed by atoms with van der Waals surface area (Å²) in [5.41, 5.74) is 1.68. The van der Waals surface area contributed by atoms with Gasteiger partial charge in [-0.1, -0.05) is 12.1 Å². The van der Waals surface area contributed by atoms with Gasteiger partial charge in [0.25, 0.3) is 5.91 Å². The molecule has 1 atom stereocenters. The molecule has 3 aromatic rings. The van der Waals surface area contributed by atoms with Gasteiger partial charge in [0.15, 0.2) is 5.76 Å². The molecule has 1 saturated heterocycles. The Morgan fingerprint density at radius 3 is 2.73 bits per heavy atom. The van der Waals surface area contributed by atoms with Crippen LogP contribution in [0.2, 0.25) is 0 Å². The number of furan rings is 1. The Balaban J connectivity index is 1.56. The second kappa shape index (κ2) is 9.13. The molecular formula is C24H24FNO4. The zero-order valence-corrected chi connectivity index (χ0v) is 16.8. The first kappa shape index (κ1) is 20.2. The average molecular weight is 409 g/mol. The Labute approximate surface area is 175 Å². The van der Waals surface area contributed by atoms with Crippen molar-refractivity contribution in [3.8, 4) is 17.1 Å². The van der Waals surface area contributed by atoms with E-state index in [9.17, 15) is 9.18 Å². The van der Waals surface area contributed by atoms with Gasteiger partial charge in [0.05, 0.1) is 13.2 Å². The van der Waals surface area contributed by atoms with E-state index in [1.807, 2.05) is 24.3 Å². The van der Waals surface area contributed by atoms with Crippen LogP contribution in [0.1, 0.15) is 29.0 Å². The normalized spacial score (nSPS) is 15.9. The van der Waals surface area contributed by atoms with Crippen LogP contribution in [-0.2, 0) is 11.3 Å². The minimum Gasteiger partial charge on any atom is -0.497 e. The second-order valence-corrected chi connectivity index (χ2v) is 7.34. The van der Waals surface area contributed by atoms with E-state index in [4.69, 9.17) is 13.9 Å². The van der Waals surface area contributed by atoms with Crippen molar-refractivity contribution in [3.63, 3.8) is 0 Å². The lowest BCUT2D eigenvalue weighted by molar-refractivity contribution is 0.0484. The molecule has 0 saturated carbocycles. The molecule has 6 heteroatoms. The maximum Gasteiger partial charge on any atom is 0.289 e. The lowest BCUT2D eigenvalue weighted by Gasteiger charge is -2.25. The Hall–Kier alpha value is -3.12. The monoisotopic (exact) mass is 409 g/mol. The van der Waals surface area contributed by atoms with Crippen molar-refractivity contribution in [1.29, 1.82) is 0 Å². The number of methoxy groups -OCH3 is 1. The Kier molecular flexibility index (Phi) is 6.14. The molecule has 0 aliphatic carbocycles. The Morgan fingerprint density at radius 1 is 1.17 bits per heavy atom. The van der Waals surface area contributed by atoms with Crippen LogP contribution in [0.3, 0.4) is 0 Å². The van der Waals surface area contributed by atoms with Gasteiger partial charge >= 0.3 is 0 Å². The summed E-state index contributed by atoms with van der Waals surface area (Å²) in [4.78, 5) is 15.0. The minimum atomic E-state index is -0.317. The fourth-order valence-corrected chi connectivity index (χ4v) is 3.62. The Bertz CT molecular complexity index is 992. The molecule has 5 nitrogen and oxygen atoms in total. The van der Waals surface area contributed by atoms with Crippen molar-refractivity contribution in [3.05, 3.63) is 77.8 Å². The number of benzene rings is 2. The first-order valence-electron chi connectivity index (χ1n) is 10.0. The molecule has 0 bridgehead atoms. The third kappa shape index (κ3) is 4.71. The number of hydrogen-bond donors (Lipinski definition) is 0. The van der Waals surface area contributed by atoms with Gasteiger partial charge in [-0.3, -0.25) is 4.79 Å². The van der Waals surface area contributed by atoms with Crippen molar-refractivity contribution in [2.45, 2.75) is 25.5 Å². The fourth-order valence-electron chi connectivity index (χ4n) is 3.62. The van der Waals surface area contributed by atoms with Crippen molar-refractivity contribution < 1.29 is 23.1 Å². The smallest absolute Gasteiger partial charge is 0.289 e. The number of carbonyl (C=O) groups is 1. The maximum atomic E-state index is 13.3. The highest BCUT2D eigenvalue weighted by atomic mass is 19.1. The fraction of sp³-hybridized carbons (Fsp3) is 0.292. The summed E-state index contributed by atoms with van der Waals surface area (Å²) in [6, 6.07) is 17.0. The highest BCUT2D eigenvalue weighted by Crippen LogP contribution is 2.25. The molecule has 0 N–H and O–H groups in total. The van der Waals surface area contributed by atoms with E-state index in [-0.39, 0.29) is 23.6 Å². The molecule has 1 aliphatic heterocycles. The minimum absolute atomic E-state index is 0.0195. The molecule has 0 spiro atoms. The molecular weight excluding hydrogens is 385 g/mol. The van der Waals surface area contributed by atoms with Crippen LogP contribution in [-0.4, -0.2) is 37.2 Å². The van der Waals surface area contributed by atoms with Crippen LogP contribution in [0.4, 0.5) is 4.39 Å². The van der Waals surface area contributed by atoms with Gasteiger partial charge in [0.2, 0.25) is 0 Å². The summed E-state index contributed by atoms with van der Waals surface area (Å²) >= 11 is 0. The average Bonchev–Trinajstić information content (AvgIpc) is 3.46. The van der Waals surface area contributed by atoms with Gasteiger partial charge in [-0.25, -0.2) is 4.39 Å². The summed E-state index contributed by atoms with van der Waals surface area (Å²) in [7, 11) is 1.62. The van der Waals surface area contributed by atoms with E-state index in [1.54, 1.807) is 36.3 Å². The molecule has 30 heavy (non-hydrogen) atoms. The highest BCUT2D eigenvalue weighted by molar-refractivity contribution is 5.92. The third-order valence-electron chi connectivity index (χ3n) is 5.19. The quantitative estimate of drug-likeness (QED) is 0.556. The first-order valence-corrected chi connectivity index (χ1v) is 10.0. The van der Waals surface area contributed by atoms with Crippen LogP contribution < -0.4 is 4.74 Å². The molecule has 1 unspecified atom stereocenters. The number of carbonyl (C=O) groups excluding carboxylic acids is 1. The first-order chi connectivity index (χ1) is 14.6. The largest absolute Gasteiger partial charge is 0.497 e. The van der Waals surface area contributed by atoms with Crippen LogP contribution in [0.25, 0.3) is 11.3 Å². The van der Waals surface area contributed by atoms with E-state index >= 15 is 0 Å². The lowest BCUT2D eigenvalue weighted by atomic mass is 10.1. The Morgan fingerprint density at radius 2 is 2.00 bits per heavy atom. The van der Waals surface area contributed by atoms with E-state index in [0.717, 1.165) is 30.8 Å². The van der Waals surface area contributed by atoms with Crippen molar-refractivity contribution in [2.24, 2.45) is 0 Å². The van der Waals surface area contributed by atoms with Gasteiger partial charge in [-0.15, -0.1) is 0 Å². The molecule has 4 rings (SSSR count). The van der Waals surface area contributed by atoms with Gasteiger partial charge in [-0.2, -0.15) is 0 Å². The molecule has 1 aliphatic rings. The molecule has 0 radical (unpaired) electrons. The number of amides is 1. The van der Waals surface area contributed by atoms with Crippen LogP contribution in [0.15, 0.2) is 65.1 Å². The molecule has 156 valence electrons. The standard InChI is InChI=1S/C24H24FNO4/c1-28-20-5-2-4-17(14-20)15-26(16-21-6-3-13-29-21)24(27)23-12-11-22(30-23)18-7-9-19(25)10-8-18/h2,4-5,7-12,14,21H,3,6,13,15-16H2,1H3. The molecule has 1 amide bonds.